The van der Waals surface area contributed by atoms with Crippen molar-refractivity contribution in [3.8, 4) is 11.1 Å². The van der Waals surface area contributed by atoms with Crippen molar-refractivity contribution in [2.75, 3.05) is 14.7 Å². The van der Waals surface area contributed by atoms with Gasteiger partial charge in [0.15, 0.2) is 0 Å². The number of fused-ring (bicyclic) bond motifs is 11. The molecule has 4 heteroatoms. The number of hydrogen-bond donors (Lipinski definition) is 0. The standard InChI is InChI=1S/C70H74BN3/c1-65(2)35-45-18-21-53(26-47(45)37-65)72-60-31-51-41-67(5,6)39-49(51)29-57(60)71-58-30-50-40-68(7,8)42-52(50)32-61(58)73(54-22-19-46-36-66(3,4)38-48(46)27-54)63-34-55(33-62(72)64(63)71)74-59-23-20-44(43-16-12-11-13-17-43)28-56(59)69(9)24-14-15-25-70(69,74)10/h11-13,16-23,26-34H,14-15,24-25,35-42H2,1-10H3. The van der Waals surface area contributed by atoms with Crippen molar-refractivity contribution < 1.29 is 0 Å². The lowest BCUT2D eigenvalue weighted by Gasteiger charge is -2.51. The Balaban J connectivity index is 1.05. The zero-order chi connectivity index (χ0) is 50.6. The molecule has 0 amide bonds. The Hall–Kier alpha value is -6.00. The van der Waals surface area contributed by atoms with Gasteiger partial charge in [-0.3, -0.25) is 0 Å². The molecule has 8 aliphatic rings. The normalized spacial score (nSPS) is 24.1. The summed E-state index contributed by atoms with van der Waals surface area (Å²) in [6, 6.07) is 49.9. The lowest BCUT2D eigenvalue weighted by atomic mass is 9.33. The first-order valence-electron chi connectivity index (χ1n) is 28.6. The summed E-state index contributed by atoms with van der Waals surface area (Å²) in [7, 11) is 0. The van der Waals surface area contributed by atoms with Crippen LogP contribution in [0.5, 0.6) is 0 Å². The fourth-order valence-electron chi connectivity index (χ4n) is 17.1. The lowest BCUT2D eigenvalue weighted by Crippen LogP contribution is -2.62. The summed E-state index contributed by atoms with van der Waals surface area (Å²) in [5.41, 5.74) is 32.3. The second-order valence-corrected chi connectivity index (χ2v) is 28.6. The van der Waals surface area contributed by atoms with E-state index in [1.165, 1.54) is 131 Å². The minimum atomic E-state index is -0.130. The molecule has 1 fully saturated rings. The highest BCUT2D eigenvalue weighted by molar-refractivity contribution is 7.00. The monoisotopic (exact) mass is 968 g/mol. The van der Waals surface area contributed by atoms with E-state index in [9.17, 15) is 0 Å². The SMILES string of the molecule is CC1(C)Cc2ccc(N3c4cc5c(cc4B4c6cc7c(cc6N(c6ccc8c(c6)CC(C)(C)C8)c6cc(N8c9ccc(-c%10ccccc%10)cc9C9(C)CCCCC89C)cc3c64)CC(C)(C)C7)CC(C)(C)C5)cc2C1. The van der Waals surface area contributed by atoms with E-state index >= 15 is 0 Å². The molecule has 0 bridgehead atoms. The molecule has 0 N–H and O–H groups in total. The van der Waals surface area contributed by atoms with Crippen LogP contribution in [0.3, 0.4) is 0 Å². The number of hydrogen-bond acceptors (Lipinski definition) is 3. The molecule has 15 rings (SSSR count). The third-order valence-corrected chi connectivity index (χ3v) is 20.4. The van der Waals surface area contributed by atoms with Crippen LogP contribution < -0.4 is 31.1 Å². The third kappa shape index (κ3) is 6.51. The largest absolute Gasteiger partial charge is 0.334 e. The summed E-state index contributed by atoms with van der Waals surface area (Å²) in [6.45, 7) is 25.1. The van der Waals surface area contributed by atoms with Gasteiger partial charge in [-0.05, 0) is 231 Å². The van der Waals surface area contributed by atoms with Gasteiger partial charge in [-0.1, -0.05) is 136 Å². The maximum absolute atomic E-state index is 2.87. The zero-order valence-corrected chi connectivity index (χ0v) is 46.0. The van der Waals surface area contributed by atoms with Gasteiger partial charge in [0.1, 0.15) is 0 Å². The molecular weight excluding hydrogens is 894 g/mol. The quantitative estimate of drug-likeness (QED) is 0.163. The van der Waals surface area contributed by atoms with Gasteiger partial charge in [0, 0.05) is 50.9 Å². The van der Waals surface area contributed by atoms with Gasteiger partial charge in [-0.15, -0.1) is 0 Å². The van der Waals surface area contributed by atoms with Crippen molar-refractivity contribution in [1.82, 2.24) is 0 Å². The zero-order valence-electron chi connectivity index (χ0n) is 46.0. The molecule has 7 aromatic rings. The average Bonchev–Trinajstić information content (AvgIpc) is 4.18. The Bertz CT molecular complexity index is 3430. The first kappa shape index (κ1) is 45.4. The Kier molecular flexibility index (Phi) is 9.14. The van der Waals surface area contributed by atoms with Crippen molar-refractivity contribution >= 4 is 68.6 Å². The molecule has 7 aromatic carbocycles. The van der Waals surface area contributed by atoms with E-state index in [0.717, 1.165) is 57.8 Å². The van der Waals surface area contributed by atoms with Crippen molar-refractivity contribution in [3.63, 3.8) is 0 Å². The highest BCUT2D eigenvalue weighted by atomic mass is 15.3. The summed E-state index contributed by atoms with van der Waals surface area (Å²) in [6.07, 6.45) is 13.8. The van der Waals surface area contributed by atoms with Gasteiger partial charge in [0.05, 0.1) is 5.54 Å². The van der Waals surface area contributed by atoms with Gasteiger partial charge in [0.2, 0.25) is 0 Å². The van der Waals surface area contributed by atoms with Crippen LogP contribution in [0.4, 0.5) is 45.5 Å². The molecule has 3 nitrogen and oxygen atoms in total. The summed E-state index contributed by atoms with van der Waals surface area (Å²) in [4.78, 5) is 8.42. The number of anilines is 8. The van der Waals surface area contributed by atoms with Crippen molar-refractivity contribution in [1.29, 1.82) is 0 Å². The molecule has 2 atom stereocenters. The Morgan fingerprint density at radius 1 is 0.365 bits per heavy atom. The van der Waals surface area contributed by atoms with Crippen LogP contribution in [0, 0.1) is 21.7 Å². The van der Waals surface area contributed by atoms with Gasteiger partial charge in [0.25, 0.3) is 6.71 Å². The molecule has 2 unspecified atom stereocenters. The summed E-state index contributed by atoms with van der Waals surface area (Å²) < 4.78 is 0. The third-order valence-electron chi connectivity index (χ3n) is 20.4. The van der Waals surface area contributed by atoms with Crippen molar-refractivity contribution in [2.45, 2.75) is 157 Å². The molecule has 1 saturated carbocycles. The summed E-state index contributed by atoms with van der Waals surface area (Å²) in [5.74, 6) is 0. The lowest BCUT2D eigenvalue weighted by molar-refractivity contribution is 0.195. The molecule has 3 heterocycles. The topological polar surface area (TPSA) is 9.72 Å². The van der Waals surface area contributed by atoms with E-state index < -0.39 is 0 Å². The van der Waals surface area contributed by atoms with Crippen molar-refractivity contribution in [2.24, 2.45) is 21.7 Å². The van der Waals surface area contributed by atoms with Crippen molar-refractivity contribution in [3.05, 3.63) is 171 Å². The predicted octanol–water partition coefficient (Wildman–Crippen LogP) is 15.7. The Labute approximate surface area is 442 Å². The number of nitrogens with zero attached hydrogens (tertiary/aromatic N) is 3. The van der Waals surface area contributed by atoms with Crippen LogP contribution in [0.25, 0.3) is 11.1 Å². The fraction of sp³-hybridized carbons (Fsp3) is 0.400. The second-order valence-electron chi connectivity index (χ2n) is 28.6. The molecule has 372 valence electrons. The Morgan fingerprint density at radius 2 is 0.824 bits per heavy atom. The maximum atomic E-state index is 2.87. The van der Waals surface area contributed by atoms with Gasteiger partial charge >= 0.3 is 0 Å². The molecule has 74 heavy (non-hydrogen) atoms. The number of benzene rings is 7. The second kappa shape index (κ2) is 14.9. The molecule has 5 aliphatic carbocycles. The van der Waals surface area contributed by atoms with Crippen LogP contribution >= 0.6 is 0 Å². The molecule has 0 spiro atoms. The van der Waals surface area contributed by atoms with Crippen LogP contribution in [0.15, 0.2) is 121 Å². The first-order chi connectivity index (χ1) is 35.2. The predicted molar refractivity (Wildman–Crippen MR) is 313 cm³/mol. The van der Waals surface area contributed by atoms with Crippen LogP contribution in [0.1, 0.15) is 145 Å². The van der Waals surface area contributed by atoms with E-state index in [0.29, 0.717) is 0 Å². The van der Waals surface area contributed by atoms with Crippen LogP contribution in [-0.2, 0) is 56.8 Å². The first-order valence-corrected chi connectivity index (χ1v) is 28.6. The summed E-state index contributed by atoms with van der Waals surface area (Å²) in [5, 5.41) is 0. The van der Waals surface area contributed by atoms with Gasteiger partial charge < -0.3 is 14.7 Å². The minimum absolute atomic E-state index is 0.0279. The van der Waals surface area contributed by atoms with E-state index in [1.54, 1.807) is 11.1 Å². The van der Waals surface area contributed by atoms with Gasteiger partial charge in [-0.2, -0.15) is 0 Å². The molecule has 0 saturated heterocycles. The highest BCUT2D eigenvalue weighted by Crippen LogP contribution is 2.62. The highest BCUT2D eigenvalue weighted by Gasteiger charge is 2.58. The maximum Gasteiger partial charge on any atom is 0.252 e. The average molecular weight is 968 g/mol. The minimum Gasteiger partial charge on any atom is -0.334 e. The molecule has 3 aliphatic heterocycles. The van der Waals surface area contributed by atoms with Gasteiger partial charge in [-0.25, -0.2) is 0 Å². The van der Waals surface area contributed by atoms with E-state index in [-0.39, 0.29) is 39.3 Å². The van der Waals surface area contributed by atoms with E-state index in [4.69, 9.17) is 0 Å². The fourth-order valence-corrected chi connectivity index (χ4v) is 17.1. The molecule has 0 radical (unpaired) electrons. The van der Waals surface area contributed by atoms with Crippen LogP contribution in [0.2, 0.25) is 0 Å². The smallest absolute Gasteiger partial charge is 0.252 e. The summed E-state index contributed by atoms with van der Waals surface area (Å²) >= 11 is 0. The molecule has 0 aromatic heterocycles. The molecular formula is C70H74BN3. The number of rotatable bonds is 4. The van der Waals surface area contributed by atoms with Crippen LogP contribution in [-0.4, -0.2) is 12.3 Å². The van der Waals surface area contributed by atoms with E-state index in [2.05, 4.69) is 205 Å². The Morgan fingerprint density at radius 3 is 1.34 bits per heavy atom. The van der Waals surface area contributed by atoms with E-state index in [1.807, 2.05) is 0 Å².